The molecule has 3 nitrogen and oxygen atoms in total. The van der Waals surface area contributed by atoms with E-state index in [2.05, 4.69) is 4.74 Å². The lowest BCUT2D eigenvalue weighted by molar-refractivity contribution is -0.135. The van der Waals surface area contributed by atoms with Crippen LogP contribution in [-0.2, 0) is 9.53 Å². The molecule has 6 heteroatoms. The van der Waals surface area contributed by atoms with Gasteiger partial charge in [0.15, 0.2) is 0 Å². The van der Waals surface area contributed by atoms with Crippen LogP contribution in [-0.4, -0.2) is 18.9 Å². The minimum Gasteiger partial charge on any atom is -0.463 e. The molecule has 0 atom stereocenters. The van der Waals surface area contributed by atoms with Gasteiger partial charge in [-0.2, -0.15) is 0 Å². The Morgan fingerprint density at radius 2 is 1.93 bits per heavy atom. The zero-order valence-corrected chi connectivity index (χ0v) is 9.03. The van der Waals surface area contributed by atoms with Crippen LogP contribution in [0.3, 0.4) is 0 Å². The zero-order chi connectivity index (χ0) is 11.6. The largest absolute Gasteiger partial charge is 0.463 e. The summed E-state index contributed by atoms with van der Waals surface area (Å²) in [5, 5.41) is -0.473. The lowest BCUT2D eigenvalue weighted by atomic mass is 10.1. The highest BCUT2D eigenvalue weighted by Crippen LogP contribution is 2.25. The number of hydrogen-bond donors (Lipinski definition) is 0. The van der Waals surface area contributed by atoms with Crippen LogP contribution >= 0.6 is 23.2 Å². The summed E-state index contributed by atoms with van der Waals surface area (Å²) in [6, 6.07) is 2.05. The first-order valence-electron chi connectivity index (χ1n) is 3.74. The fraction of sp³-hybridized carbons (Fsp3) is 0.111. The van der Waals surface area contributed by atoms with Gasteiger partial charge in [-0.05, 0) is 12.1 Å². The van der Waals surface area contributed by atoms with Crippen LogP contribution in [0.1, 0.15) is 10.4 Å². The van der Waals surface area contributed by atoms with Gasteiger partial charge in [0, 0.05) is 5.02 Å². The van der Waals surface area contributed by atoms with E-state index in [1.807, 2.05) is 0 Å². The fourth-order valence-corrected chi connectivity index (χ4v) is 1.32. The fourth-order valence-electron chi connectivity index (χ4n) is 0.924. The van der Waals surface area contributed by atoms with Gasteiger partial charge < -0.3 is 4.74 Å². The Labute approximate surface area is 94.7 Å². The van der Waals surface area contributed by atoms with E-state index in [0.29, 0.717) is 0 Å². The molecule has 0 saturated carbocycles. The highest BCUT2D eigenvalue weighted by Gasteiger charge is 2.22. The molecule has 0 aliphatic carbocycles. The van der Waals surface area contributed by atoms with E-state index in [-0.39, 0.29) is 10.6 Å². The molecule has 0 aliphatic heterocycles. The third kappa shape index (κ3) is 2.46. The smallest absolute Gasteiger partial charge is 0.379 e. The molecule has 0 saturated heterocycles. The predicted molar refractivity (Wildman–Crippen MR) is 52.8 cm³/mol. The Balaban J connectivity index is 3.25. The van der Waals surface area contributed by atoms with Gasteiger partial charge in [-0.1, -0.05) is 23.2 Å². The summed E-state index contributed by atoms with van der Waals surface area (Å²) in [4.78, 5) is 22.2. The van der Waals surface area contributed by atoms with Gasteiger partial charge in [-0.3, -0.25) is 4.79 Å². The second-order valence-corrected chi connectivity index (χ2v) is 3.38. The van der Waals surface area contributed by atoms with Gasteiger partial charge in [-0.25, -0.2) is 9.18 Å². The molecule has 0 heterocycles. The lowest BCUT2D eigenvalue weighted by Gasteiger charge is -2.03. The van der Waals surface area contributed by atoms with Gasteiger partial charge in [-0.15, -0.1) is 0 Å². The molecule has 0 spiro atoms. The number of halogens is 3. The number of hydrogen-bond acceptors (Lipinski definition) is 3. The molecule has 0 aliphatic rings. The van der Waals surface area contributed by atoms with Crippen molar-refractivity contribution >= 4 is 35.0 Å². The Hall–Kier alpha value is -1.13. The van der Waals surface area contributed by atoms with Crippen molar-refractivity contribution in [1.29, 1.82) is 0 Å². The van der Waals surface area contributed by atoms with Gasteiger partial charge in [0.1, 0.15) is 5.82 Å². The number of benzene rings is 1. The number of rotatable bonds is 2. The first-order chi connectivity index (χ1) is 6.97. The molecule has 0 amide bonds. The molecule has 15 heavy (non-hydrogen) atoms. The summed E-state index contributed by atoms with van der Waals surface area (Å²) in [5.41, 5.74) is -0.312. The average Bonchev–Trinajstić information content (AvgIpc) is 2.21. The second kappa shape index (κ2) is 4.59. The number of ether oxygens (including phenoxy) is 1. The van der Waals surface area contributed by atoms with Crippen molar-refractivity contribution in [3.63, 3.8) is 0 Å². The number of carbonyl (C=O) groups is 2. The number of methoxy groups -OCH3 is 1. The first-order valence-corrected chi connectivity index (χ1v) is 4.50. The molecular formula is C9H5Cl2FO3. The first kappa shape index (κ1) is 11.9. The molecule has 0 radical (unpaired) electrons. The van der Waals surface area contributed by atoms with E-state index in [4.69, 9.17) is 23.2 Å². The summed E-state index contributed by atoms with van der Waals surface area (Å²) < 4.78 is 17.2. The van der Waals surface area contributed by atoms with E-state index >= 15 is 0 Å². The van der Waals surface area contributed by atoms with Gasteiger partial charge in [0.2, 0.25) is 0 Å². The average molecular weight is 251 g/mol. The number of ketones is 1. The van der Waals surface area contributed by atoms with Crippen LogP contribution < -0.4 is 0 Å². The molecule has 80 valence electrons. The van der Waals surface area contributed by atoms with Crippen molar-refractivity contribution in [1.82, 2.24) is 0 Å². The summed E-state index contributed by atoms with van der Waals surface area (Å²) in [6.07, 6.45) is 0. The van der Waals surface area contributed by atoms with Crippen molar-refractivity contribution in [2.24, 2.45) is 0 Å². The maximum Gasteiger partial charge on any atom is 0.379 e. The van der Waals surface area contributed by atoms with Crippen molar-refractivity contribution < 1.29 is 18.7 Å². The maximum atomic E-state index is 13.0. The van der Waals surface area contributed by atoms with Crippen LogP contribution in [0.5, 0.6) is 0 Å². The highest BCUT2D eigenvalue weighted by molar-refractivity contribution is 6.46. The normalized spacial score (nSPS) is 9.87. The summed E-state index contributed by atoms with van der Waals surface area (Å²) in [7, 11) is 1.04. The molecule has 1 rings (SSSR count). The van der Waals surface area contributed by atoms with Crippen molar-refractivity contribution in [3.05, 3.63) is 33.6 Å². The second-order valence-electron chi connectivity index (χ2n) is 2.57. The molecule has 0 bridgehead atoms. The van der Waals surface area contributed by atoms with E-state index in [9.17, 15) is 14.0 Å². The number of Topliss-reactive ketones (excluding diaryl/α,β-unsaturated/α-hetero) is 1. The molecule has 1 aromatic rings. The van der Waals surface area contributed by atoms with Crippen LogP contribution in [0, 0.1) is 5.82 Å². The minimum atomic E-state index is -1.13. The molecule has 0 N–H and O–H groups in total. The SMILES string of the molecule is COC(=O)C(=O)c1cc(Cl)cc(F)c1Cl. The van der Waals surface area contributed by atoms with E-state index < -0.39 is 22.6 Å². The molecular weight excluding hydrogens is 246 g/mol. The molecule has 1 aromatic carbocycles. The molecule has 0 unspecified atom stereocenters. The van der Waals surface area contributed by atoms with Gasteiger partial charge in [0.05, 0.1) is 17.7 Å². The van der Waals surface area contributed by atoms with Crippen molar-refractivity contribution in [2.75, 3.05) is 7.11 Å². The predicted octanol–water partition coefficient (Wildman–Crippen LogP) is 2.49. The number of esters is 1. The Morgan fingerprint density at radius 3 is 2.47 bits per heavy atom. The van der Waals surface area contributed by atoms with Crippen LogP contribution in [0.4, 0.5) is 4.39 Å². The van der Waals surface area contributed by atoms with Crippen LogP contribution in [0.25, 0.3) is 0 Å². The van der Waals surface area contributed by atoms with E-state index in [1.165, 1.54) is 0 Å². The van der Waals surface area contributed by atoms with Gasteiger partial charge >= 0.3 is 5.97 Å². The highest BCUT2D eigenvalue weighted by atomic mass is 35.5. The summed E-state index contributed by atoms with van der Waals surface area (Å²) in [5.74, 6) is -3.03. The maximum absolute atomic E-state index is 13.0. The Bertz CT molecular complexity index is 432. The third-order valence-electron chi connectivity index (χ3n) is 1.61. The van der Waals surface area contributed by atoms with Crippen LogP contribution in [0.15, 0.2) is 12.1 Å². The van der Waals surface area contributed by atoms with E-state index in [1.54, 1.807) is 0 Å². The van der Waals surface area contributed by atoms with Gasteiger partial charge in [0.25, 0.3) is 5.78 Å². The Morgan fingerprint density at radius 1 is 1.33 bits per heavy atom. The minimum absolute atomic E-state index is 0.0239. The monoisotopic (exact) mass is 250 g/mol. The lowest BCUT2D eigenvalue weighted by Crippen LogP contribution is -2.16. The topological polar surface area (TPSA) is 43.4 Å². The summed E-state index contributed by atoms with van der Waals surface area (Å²) >= 11 is 11.0. The number of carbonyl (C=O) groups excluding carboxylic acids is 2. The summed E-state index contributed by atoms with van der Waals surface area (Å²) in [6.45, 7) is 0. The Kier molecular flexibility index (Phi) is 3.66. The standard InChI is InChI=1S/C9H5Cl2FO3/c1-15-9(14)8(13)5-2-4(10)3-6(12)7(5)11/h2-3H,1H3. The zero-order valence-electron chi connectivity index (χ0n) is 7.51. The third-order valence-corrected chi connectivity index (χ3v) is 2.21. The van der Waals surface area contributed by atoms with Crippen LogP contribution in [0.2, 0.25) is 10.0 Å². The van der Waals surface area contributed by atoms with E-state index in [0.717, 1.165) is 19.2 Å². The van der Waals surface area contributed by atoms with Crippen molar-refractivity contribution in [2.45, 2.75) is 0 Å². The quantitative estimate of drug-likeness (QED) is 0.351. The van der Waals surface area contributed by atoms with Crippen molar-refractivity contribution in [3.8, 4) is 0 Å². The molecule has 0 fully saturated rings. The molecule has 0 aromatic heterocycles.